The number of ether oxygens (including phenoxy) is 1. The minimum absolute atomic E-state index is 0.0249. The number of aromatic hydroxyl groups is 1. The van der Waals surface area contributed by atoms with Gasteiger partial charge < -0.3 is 14.6 Å². The molecule has 6 rings (SSSR count). The van der Waals surface area contributed by atoms with Gasteiger partial charge in [-0.1, -0.05) is 6.08 Å². The lowest BCUT2D eigenvalue weighted by molar-refractivity contribution is -0.219. The molecule has 128 valence electrons. The average molecular weight is 338 g/mol. The first-order chi connectivity index (χ1) is 11.8. The summed E-state index contributed by atoms with van der Waals surface area (Å²) in [5.41, 5.74) is -2.52. The minimum Gasteiger partial charge on any atom is -0.508 e. The van der Waals surface area contributed by atoms with Gasteiger partial charge in [-0.15, -0.1) is 0 Å². The zero-order chi connectivity index (χ0) is 17.8. The first-order valence-electron chi connectivity index (χ1n) is 8.60. The van der Waals surface area contributed by atoms with Crippen molar-refractivity contribution in [3.8, 4) is 5.75 Å². The van der Waals surface area contributed by atoms with Gasteiger partial charge in [0.25, 0.3) is 0 Å². The van der Waals surface area contributed by atoms with Crippen molar-refractivity contribution in [3.05, 3.63) is 41.0 Å². The Balaban J connectivity index is 1.88. The standard InChI is InChI=1S/C20H18O5/c1-18(9-21)13-5-6-19(2)14(13)8-15-16(23)11-4-3-10(22)7-12(11)17(24)20(15,18)25-19/h3-4,7-9,13-14,22H,5-6H2,1-2H3/t13-,14-,18-,19-,20-/m0/s1. The van der Waals surface area contributed by atoms with E-state index in [0.717, 1.165) is 19.1 Å². The molecule has 25 heavy (non-hydrogen) atoms. The Hall–Kier alpha value is -2.27. The molecule has 0 amide bonds. The van der Waals surface area contributed by atoms with Crippen molar-refractivity contribution in [2.45, 2.75) is 37.9 Å². The number of carbonyl (C=O) groups is 3. The number of hydrogen-bond donors (Lipinski definition) is 1. The highest BCUT2D eigenvalue weighted by Crippen LogP contribution is 2.68. The molecule has 0 aromatic heterocycles. The van der Waals surface area contributed by atoms with Gasteiger partial charge in [-0.25, -0.2) is 0 Å². The number of benzene rings is 1. The van der Waals surface area contributed by atoms with E-state index in [9.17, 15) is 19.5 Å². The zero-order valence-corrected chi connectivity index (χ0v) is 14.0. The molecule has 5 heteroatoms. The Morgan fingerprint density at radius 3 is 2.72 bits per heavy atom. The number of rotatable bonds is 1. The number of aldehydes is 1. The fraction of sp³-hybridized carbons (Fsp3) is 0.450. The van der Waals surface area contributed by atoms with E-state index < -0.39 is 22.4 Å². The fourth-order valence-corrected chi connectivity index (χ4v) is 5.73. The van der Waals surface area contributed by atoms with Gasteiger partial charge in [-0.05, 0) is 50.8 Å². The molecule has 1 aromatic carbocycles. The number of fused-ring (bicyclic) bond motifs is 1. The number of Topliss-reactive ketones (excluding diaryl/α,β-unsaturated/α-hetero) is 2. The van der Waals surface area contributed by atoms with Crippen LogP contribution in [-0.4, -0.2) is 34.2 Å². The van der Waals surface area contributed by atoms with E-state index in [4.69, 9.17) is 4.74 Å². The van der Waals surface area contributed by atoms with E-state index in [1.807, 2.05) is 13.0 Å². The molecule has 1 N–H and O–H groups in total. The molecule has 5 atom stereocenters. The Bertz CT molecular complexity index is 915. The van der Waals surface area contributed by atoms with Gasteiger partial charge in [0.2, 0.25) is 5.78 Å². The van der Waals surface area contributed by atoms with Crippen molar-refractivity contribution in [1.82, 2.24) is 0 Å². The molecule has 1 saturated carbocycles. The third-order valence-electron chi connectivity index (χ3n) is 7.03. The molecule has 0 unspecified atom stereocenters. The normalized spacial score (nSPS) is 43.5. The summed E-state index contributed by atoms with van der Waals surface area (Å²) in [6.07, 6.45) is 4.24. The highest BCUT2D eigenvalue weighted by Gasteiger charge is 2.76. The summed E-state index contributed by atoms with van der Waals surface area (Å²) in [7, 11) is 0. The van der Waals surface area contributed by atoms with Crippen LogP contribution in [0.4, 0.5) is 0 Å². The first-order valence-corrected chi connectivity index (χ1v) is 8.60. The molecular weight excluding hydrogens is 320 g/mol. The van der Waals surface area contributed by atoms with Gasteiger partial charge in [0.15, 0.2) is 11.4 Å². The smallest absolute Gasteiger partial charge is 0.201 e. The number of ketones is 2. The maximum absolute atomic E-state index is 13.6. The van der Waals surface area contributed by atoms with Crippen LogP contribution >= 0.6 is 0 Å². The summed E-state index contributed by atoms with van der Waals surface area (Å²) >= 11 is 0. The van der Waals surface area contributed by atoms with Crippen molar-refractivity contribution < 1.29 is 24.2 Å². The lowest BCUT2D eigenvalue weighted by atomic mass is 9.49. The number of hydrogen-bond acceptors (Lipinski definition) is 5. The van der Waals surface area contributed by atoms with Crippen molar-refractivity contribution in [1.29, 1.82) is 0 Å². The van der Waals surface area contributed by atoms with Crippen LogP contribution in [0.1, 0.15) is 47.4 Å². The number of carbonyl (C=O) groups excluding carboxylic acids is 3. The Labute approximate surface area is 144 Å². The topological polar surface area (TPSA) is 80.7 Å². The van der Waals surface area contributed by atoms with Crippen LogP contribution in [0.3, 0.4) is 0 Å². The molecule has 2 aliphatic heterocycles. The van der Waals surface area contributed by atoms with E-state index in [2.05, 4.69) is 0 Å². The van der Waals surface area contributed by atoms with Gasteiger partial charge in [-0.3, -0.25) is 9.59 Å². The summed E-state index contributed by atoms with van der Waals surface area (Å²) < 4.78 is 6.39. The van der Waals surface area contributed by atoms with E-state index in [1.54, 1.807) is 6.92 Å². The van der Waals surface area contributed by atoms with E-state index in [0.29, 0.717) is 5.57 Å². The number of phenolic OH excluding ortho intramolecular Hbond substituents is 1. The second-order valence-corrected chi connectivity index (χ2v) is 8.14. The molecule has 1 aromatic rings. The summed E-state index contributed by atoms with van der Waals surface area (Å²) in [6, 6.07) is 4.17. The van der Waals surface area contributed by atoms with Crippen molar-refractivity contribution in [2.75, 3.05) is 0 Å². The predicted molar refractivity (Wildman–Crippen MR) is 87.5 cm³/mol. The molecule has 2 fully saturated rings. The maximum atomic E-state index is 13.6. The van der Waals surface area contributed by atoms with Crippen molar-refractivity contribution in [3.63, 3.8) is 0 Å². The maximum Gasteiger partial charge on any atom is 0.201 e. The molecule has 2 heterocycles. The molecular formula is C20H18O5. The SMILES string of the molecule is C[C@]1(C=O)[C@H]2CC[C@]3(C)O[C@@]14C(=O)c1cc(O)ccc1C(=O)C4=C[C@@H]23. The lowest BCUT2D eigenvalue weighted by Crippen LogP contribution is -2.72. The summed E-state index contributed by atoms with van der Waals surface area (Å²) in [4.78, 5) is 38.9. The van der Waals surface area contributed by atoms with Crippen LogP contribution in [0.5, 0.6) is 5.75 Å². The summed E-state index contributed by atoms with van der Waals surface area (Å²) in [5.74, 6) is -0.835. The van der Waals surface area contributed by atoms with Gasteiger partial charge in [0.05, 0.1) is 11.0 Å². The molecule has 0 radical (unpaired) electrons. The fourth-order valence-electron chi connectivity index (χ4n) is 5.73. The van der Waals surface area contributed by atoms with Crippen molar-refractivity contribution in [2.24, 2.45) is 17.3 Å². The Morgan fingerprint density at radius 2 is 2.00 bits per heavy atom. The van der Waals surface area contributed by atoms with Gasteiger partial charge in [-0.2, -0.15) is 0 Å². The average Bonchev–Trinajstić information content (AvgIpc) is 2.89. The zero-order valence-electron chi connectivity index (χ0n) is 14.0. The first kappa shape index (κ1) is 15.0. The minimum atomic E-state index is -1.59. The van der Waals surface area contributed by atoms with Gasteiger partial charge in [0, 0.05) is 22.6 Å². The van der Waals surface area contributed by atoms with Crippen LogP contribution in [0, 0.1) is 17.3 Å². The highest BCUT2D eigenvalue weighted by molar-refractivity contribution is 6.28. The van der Waals surface area contributed by atoms with Gasteiger partial charge in [0.1, 0.15) is 12.0 Å². The van der Waals surface area contributed by atoms with E-state index >= 15 is 0 Å². The number of phenols is 1. The molecule has 5 aliphatic rings. The van der Waals surface area contributed by atoms with Crippen LogP contribution in [-0.2, 0) is 9.53 Å². The molecule has 3 aliphatic carbocycles. The molecule has 5 nitrogen and oxygen atoms in total. The molecule has 1 saturated heterocycles. The summed E-state index contributed by atoms with van der Waals surface area (Å²) in [6.45, 7) is 3.71. The Kier molecular flexibility index (Phi) is 2.46. The quantitative estimate of drug-likeness (QED) is 0.796. The van der Waals surface area contributed by atoms with E-state index in [-0.39, 0.29) is 34.5 Å². The van der Waals surface area contributed by atoms with Crippen LogP contribution in [0.15, 0.2) is 29.8 Å². The van der Waals surface area contributed by atoms with Gasteiger partial charge >= 0.3 is 0 Å². The largest absolute Gasteiger partial charge is 0.508 e. The van der Waals surface area contributed by atoms with Crippen LogP contribution in [0.25, 0.3) is 0 Å². The lowest BCUT2D eigenvalue weighted by Gasteiger charge is -2.61. The molecule has 4 bridgehead atoms. The van der Waals surface area contributed by atoms with Crippen LogP contribution < -0.4 is 0 Å². The predicted octanol–water partition coefficient (Wildman–Crippen LogP) is 2.47. The highest BCUT2D eigenvalue weighted by atomic mass is 16.5. The summed E-state index contributed by atoms with van der Waals surface area (Å²) in [5, 5.41) is 9.82. The van der Waals surface area contributed by atoms with Crippen LogP contribution in [0.2, 0.25) is 0 Å². The van der Waals surface area contributed by atoms with Crippen molar-refractivity contribution >= 4 is 17.9 Å². The monoisotopic (exact) mass is 338 g/mol. The third-order valence-corrected chi connectivity index (χ3v) is 7.03. The third kappa shape index (κ3) is 1.36. The Morgan fingerprint density at radius 1 is 1.24 bits per heavy atom. The second kappa shape index (κ2) is 4.10. The second-order valence-electron chi connectivity index (χ2n) is 8.14. The molecule has 1 spiro atoms. The van der Waals surface area contributed by atoms with E-state index in [1.165, 1.54) is 18.2 Å².